The Morgan fingerprint density at radius 1 is 0.778 bits per heavy atom. The first-order chi connectivity index (χ1) is 13.4. The van der Waals surface area contributed by atoms with Gasteiger partial charge in [0.15, 0.2) is 0 Å². The van der Waals surface area contributed by atoms with Crippen LogP contribution in [0, 0.1) is 0 Å². The average molecular weight is 360 g/mol. The number of piperazine rings is 1. The topological polar surface area (TPSA) is 41.5 Å². The molecule has 27 heavy (non-hydrogen) atoms. The Morgan fingerprint density at radius 2 is 1.56 bits per heavy atom. The number of nitrogens with zero attached hydrogens (tertiary/aromatic N) is 4. The molecule has 3 aromatic rings. The molecule has 2 aromatic heterocycles. The van der Waals surface area contributed by atoms with E-state index in [-0.39, 0.29) is 0 Å². The van der Waals surface area contributed by atoms with E-state index in [1.54, 1.807) is 12.4 Å². The Balaban J connectivity index is 1.32. The van der Waals surface area contributed by atoms with Crippen molar-refractivity contribution in [2.45, 2.75) is 13.2 Å². The van der Waals surface area contributed by atoms with Crippen LogP contribution < -0.4 is 9.64 Å². The maximum atomic E-state index is 5.85. The molecule has 1 fully saturated rings. The van der Waals surface area contributed by atoms with Gasteiger partial charge in [0.05, 0.1) is 0 Å². The van der Waals surface area contributed by atoms with Gasteiger partial charge in [-0.1, -0.05) is 36.4 Å². The van der Waals surface area contributed by atoms with Gasteiger partial charge in [0.25, 0.3) is 0 Å². The molecule has 1 aliphatic rings. The first kappa shape index (κ1) is 17.5. The van der Waals surface area contributed by atoms with Crippen LogP contribution in [0.4, 0.5) is 5.82 Å². The van der Waals surface area contributed by atoms with E-state index < -0.39 is 0 Å². The summed E-state index contributed by atoms with van der Waals surface area (Å²) in [5.41, 5.74) is 2.46. The van der Waals surface area contributed by atoms with Crippen molar-refractivity contribution in [2.24, 2.45) is 0 Å². The van der Waals surface area contributed by atoms with Gasteiger partial charge in [0, 0.05) is 51.2 Å². The quantitative estimate of drug-likeness (QED) is 0.674. The number of pyridine rings is 2. The second kappa shape index (κ2) is 8.64. The Labute approximate surface area is 160 Å². The molecule has 0 unspecified atom stereocenters. The summed E-state index contributed by atoms with van der Waals surface area (Å²) in [5, 5.41) is 0. The zero-order valence-electron chi connectivity index (χ0n) is 15.4. The van der Waals surface area contributed by atoms with Crippen LogP contribution >= 0.6 is 0 Å². The average Bonchev–Trinajstić information content (AvgIpc) is 2.75. The van der Waals surface area contributed by atoms with E-state index in [1.807, 2.05) is 24.3 Å². The summed E-state index contributed by atoms with van der Waals surface area (Å²) in [5.74, 6) is 1.65. The molecular formula is C22H24N4O. The van der Waals surface area contributed by atoms with Crippen molar-refractivity contribution in [3.63, 3.8) is 0 Å². The zero-order valence-corrected chi connectivity index (χ0v) is 15.4. The lowest BCUT2D eigenvalue weighted by Crippen LogP contribution is -2.46. The summed E-state index contributed by atoms with van der Waals surface area (Å²) in [6.07, 6.45) is 3.55. The van der Waals surface area contributed by atoms with Crippen LogP contribution in [0.5, 0.6) is 5.88 Å². The van der Waals surface area contributed by atoms with Crippen LogP contribution in [0.15, 0.2) is 73.1 Å². The van der Waals surface area contributed by atoms with E-state index in [4.69, 9.17) is 9.72 Å². The fourth-order valence-electron chi connectivity index (χ4n) is 3.27. The first-order valence-electron chi connectivity index (χ1n) is 9.37. The van der Waals surface area contributed by atoms with Gasteiger partial charge in [-0.25, -0.2) is 0 Å². The molecule has 5 nitrogen and oxygen atoms in total. The number of ether oxygens (including phenoxy) is 1. The molecule has 1 aromatic carbocycles. The summed E-state index contributed by atoms with van der Waals surface area (Å²) < 4.78 is 5.85. The number of aromatic nitrogens is 2. The normalized spacial score (nSPS) is 14.9. The number of benzene rings is 1. The van der Waals surface area contributed by atoms with E-state index in [0.29, 0.717) is 12.5 Å². The molecule has 4 rings (SSSR count). The second-order valence-corrected chi connectivity index (χ2v) is 6.73. The van der Waals surface area contributed by atoms with E-state index in [9.17, 15) is 0 Å². The molecule has 0 spiro atoms. The van der Waals surface area contributed by atoms with Crippen molar-refractivity contribution in [1.29, 1.82) is 0 Å². The largest absolute Gasteiger partial charge is 0.473 e. The van der Waals surface area contributed by atoms with Crippen molar-refractivity contribution in [2.75, 3.05) is 31.1 Å². The Hall–Kier alpha value is -2.92. The van der Waals surface area contributed by atoms with Crippen molar-refractivity contribution < 1.29 is 4.74 Å². The third-order valence-corrected chi connectivity index (χ3v) is 4.79. The van der Waals surface area contributed by atoms with Crippen molar-refractivity contribution in [1.82, 2.24) is 14.9 Å². The predicted octanol–water partition coefficient (Wildman–Crippen LogP) is 3.38. The molecule has 0 bridgehead atoms. The van der Waals surface area contributed by atoms with Crippen molar-refractivity contribution in [3.8, 4) is 5.88 Å². The lowest BCUT2D eigenvalue weighted by atomic mass is 10.2. The van der Waals surface area contributed by atoms with Crippen molar-refractivity contribution >= 4 is 5.82 Å². The Bertz CT molecular complexity index is 833. The minimum absolute atomic E-state index is 0.504. The lowest BCUT2D eigenvalue weighted by molar-refractivity contribution is 0.248. The summed E-state index contributed by atoms with van der Waals surface area (Å²) in [7, 11) is 0. The molecule has 1 saturated heterocycles. The van der Waals surface area contributed by atoms with E-state index in [1.165, 1.54) is 5.56 Å². The fraction of sp³-hybridized carbons (Fsp3) is 0.273. The molecule has 0 saturated carbocycles. The molecule has 5 heteroatoms. The highest BCUT2D eigenvalue weighted by Crippen LogP contribution is 2.19. The van der Waals surface area contributed by atoms with Crippen LogP contribution in [0.2, 0.25) is 0 Å². The Morgan fingerprint density at radius 3 is 2.33 bits per heavy atom. The number of anilines is 1. The van der Waals surface area contributed by atoms with Gasteiger partial charge in [-0.3, -0.25) is 9.88 Å². The van der Waals surface area contributed by atoms with Crippen LogP contribution in [0.3, 0.4) is 0 Å². The monoisotopic (exact) mass is 360 g/mol. The van der Waals surface area contributed by atoms with Gasteiger partial charge >= 0.3 is 0 Å². The van der Waals surface area contributed by atoms with Gasteiger partial charge < -0.3 is 9.64 Å². The molecule has 0 amide bonds. The second-order valence-electron chi connectivity index (χ2n) is 6.73. The predicted molar refractivity (Wildman–Crippen MR) is 107 cm³/mol. The third kappa shape index (κ3) is 4.83. The van der Waals surface area contributed by atoms with Gasteiger partial charge in [-0.05, 0) is 29.3 Å². The van der Waals surface area contributed by atoms with Gasteiger partial charge in [0.1, 0.15) is 12.4 Å². The maximum Gasteiger partial charge on any atom is 0.215 e. The molecule has 0 aliphatic carbocycles. The van der Waals surface area contributed by atoms with Gasteiger partial charge in [0.2, 0.25) is 5.88 Å². The van der Waals surface area contributed by atoms with Gasteiger partial charge in [-0.2, -0.15) is 4.98 Å². The highest BCUT2D eigenvalue weighted by atomic mass is 16.5. The molecule has 1 aliphatic heterocycles. The molecule has 3 heterocycles. The molecule has 0 radical (unpaired) electrons. The Kier molecular flexibility index (Phi) is 5.60. The van der Waals surface area contributed by atoms with E-state index >= 15 is 0 Å². The highest BCUT2D eigenvalue weighted by Gasteiger charge is 2.18. The SMILES string of the molecule is c1ccc(CN2CCN(c3cccc(OCc4ccncc4)n3)CC2)cc1. The number of hydrogen-bond donors (Lipinski definition) is 0. The van der Waals surface area contributed by atoms with Crippen LogP contribution in [-0.4, -0.2) is 41.0 Å². The smallest absolute Gasteiger partial charge is 0.215 e. The van der Waals surface area contributed by atoms with E-state index in [2.05, 4.69) is 51.2 Å². The highest BCUT2D eigenvalue weighted by molar-refractivity contribution is 5.41. The van der Waals surface area contributed by atoms with Crippen LogP contribution in [-0.2, 0) is 13.2 Å². The molecular weight excluding hydrogens is 336 g/mol. The molecule has 0 atom stereocenters. The molecule has 138 valence electrons. The summed E-state index contributed by atoms with van der Waals surface area (Å²) in [6, 6.07) is 20.6. The van der Waals surface area contributed by atoms with Crippen LogP contribution in [0.25, 0.3) is 0 Å². The van der Waals surface area contributed by atoms with Crippen molar-refractivity contribution in [3.05, 3.63) is 84.2 Å². The fourth-order valence-corrected chi connectivity index (χ4v) is 3.27. The summed E-state index contributed by atoms with van der Waals surface area (Å²) in [6.45, 7) is 5.56. The minimum atomic E-state index is 0.504. The third-order valence-electron chi connectivity index (χ3n) is 4.79. The minimum Gasteiger partial charge on any atom is -0.473 e. The number of hydrogen-bond acceptors (Lipinski definition) is 5. The summed E-state index contributed by atoms with van der Waals surface area (Å²) in [4.78, 5) is 13.5. The van der Waals surface area contributed by atoms with Crippen LogP contribution in [0.1, 0.15) is 11.1 Å². The number of rotatable bonds is 6. The standard InChI is InChI=1S/C22H24N4O/c1-2-5-19(6-3-1)17-25-13-15-26(16-14-25)21-7-4-8-22(24-21)27-18-20-9-11-23-12-10-20/h1-12H,13-18H2. The lowest BCUT2D eigenvalue weighted by Gasteiger charge is -2.35. The zero-order chi connectivity index (χ0) is 18.3. The first-order valence-corrected chi connectivity index (χ1v) is 9.37. The van der Waals surface area contributed by atoms with E-state index in [0.717, 1.165) is 44.1 Å². The maximum absolute atomic E-state index is 5.85. The molecule has 0 N–H and O–H groups in total. The summed E-state index contributed by atoms with van der Waals surface area (Å²) >= 11 is 0. The van der Waals surface area contributed by atoms with Gasteiger partial charge in [-0.15, -0.1) is 0 Å².